The number of aromatic carboxylic acids is 1. The van der Waals surface area contributed by atoms with Crippen molar-refractivity contribution in [3.63, 3.8) is 0 Å². The van der Waals surface area contributed by atoms with Crippen molar-refractivity contribution in [3.05, 3.63) is 17.6 Å². The second-order valence-electron chi connectivity index (χ2n) is 3.53. The van der Waals surface area contributed by atoms with Gasteiger partial charge in [-0.1, -0.05) is 0 Å². The van der Waals surface area contributed by atoms with Gasteiger partial charge in [-0.3, -0.25) is 4.79 Å². The second-order valence-corrected chi connectivity index (χ2v) is 3.53. The van der Waals surface area contributed by atoms with Crippen molar-refractivity contribution < 1.29 is 19.1 Å². The van der Waals surface area contributed by atoms with Crippen LogP contribution in [-0.4, -0.2) is 24.0 Å². The average molecular weight is 209 g/mol. The van der Waals surface area contributed by atoms with Crippen molar-refractivity contribution in [1.82, 2.24) is 0 Å². The van der Waals surface area contributed by atoms with Gasteiger partial charge in [-0.05, 0) is 6.42 Å². The third kappa shape index (κ3) is 1.49. The number of furan rings is 1. The first kappa shape index (κ1) is 9.76. The lowest BCUT2D eigenvalue weighted by Gasteiger charge is -2.14. The molecule has 0 spiro atoms. The molecule has 1 N–H and O–H groups in total. The largest absolute Gasteiger partial charge is 0.477 e. The van der Waals surface area contributed by atoms with Crippen molar-refractivity contribution in [3.8, 4) is 0 Å². The molecule has 1 aromatic heterocycles. The summed E-state index contributed by atoms with van der Waals surface area (Å²) in [5, 5.41) is 8.93. The van der Waals surface area contributed by atoms with Gasteiger partial charge in [-0.15, -0.1) is 0 Å². The normalized spacial score (nSPS) is 16.1. The summed E-state index contributed by atoms with van der Waals surface area (Å²) in [6, 6.07) is 0. The van der Waals surface area contributed by atoms with Crippen molar-refractivity contribution >= 4 is 17.6 Å². The lowest BCUT2D eigenvalue weighted by molar-refractivity contribution is -0.118. The van der Waals surface area contributed by atoms with Crippen LogP contribution in [0, 0.1) is 0 Å². The smallest absolute Gasteiger partial charge is 0.341 e. The fraction of sp³-hybridized carbons (Fsp3) is 0.400. The molecule has 0 saturated heterocycles. The minimum atomic E-state index is -1.07. The van der Waals surface area contributed by atoms with Crippen molar-refractivity contribution in [2.45, 2.75) is 19.3 Å². The van der Waals surface area contributed by atoms with E-state index in [1.807, 2.05) is 0 Å². The highest BCUT2D eigenvalue weighted by Gasteiger charge is 2.27. The molecule has 0 radical (unpaired) electrons. The highest BCUT2D eigenvalue weighted by Crippen LogP contribution is 2.31. The molecule has 0 unspecified atom stereocenters. The quantitative estimate of drug-likeness (QED) is 0.756. The Balaban J connectivity index is 2.53. The fourth-order valence-electron chi connectivity index (χ4n) is 1.78. The molecule has 0 atom stereocenters. The Hall–Kier alpha value is -1.78. The maximum Gasteiger partial charge on any atom is 0.341 e. The van der Waals surface area contributed by atoms with E-state index in [-0.39, 0.29) is 11.5 Å². The first-order valence-electron chi connectivity index (χ1n) is 4.71. The molecular weight excluding hydrogens is 198 g/mol. The molecule has 0 aliphatic carbocycles. The van der Waals surface area contributed by atoms with Crippen LogP contribution < -0.4 is 4.90 Å². The number of hydrogen-bond acceptors (Lipinski definition) is 3. The Morgan fingerprint density at radius 1 is 1.53 bits per heavy atom. The monoisotopic (exact) mass is 209 g/mol. The number of rotatable bonds is 1. The summed E-state index contributed by atoms with van der Waals surface area (Å²) < 4.78 is 5.17. The van der Waals surface area contributed by atoms with Crippen molar-refractivity contribution in [2.24, 2.45) is 0 Å². The van der Waals surface area contributed by atoms with E-state index in [1.165, 1.54) is 11.2 Å². The van der Waals surface area contributed by atoms with Gasteiger partial charge in [0.15, 0.2) is 0 Å². The van der Waals surface area contributed by atoms with E-state index in [0.29, 0.717) is 30.7 Å². The van der Waals surface area contributed by atoms with Crippen LogP contribution in [0.5, 0.6) is 0 Å². The molecule has 1 amide bonds. The highest BCUT2D eigenvalue weighted by atomic mass is 16.4. The summed E-state index contributed by atoms with van der Waals surface area (Å²) in [5.41, 5.74) is 0.466. The van der Waals surface area contributed by atoms with Crippen LogP contribution in [0.1, 0.15) is 29.0 Å². The SMILES string of the molecule is CN1C(=O)CCCc2occ(C(=O)O)c21. The third-order valence-corrected chi connectivity index (χ3v) is 2.57. The lowest BCUT2D eigenvalue weighted by atomic mass is 10.2. The van der Waals surface area contributed by atoms with E-state index in [1.54, 1.807) is 7.05 Å². The molecular formula is C10H11NO4. The maximum absolute atomic E-state index is 11.5. The van der Waals surface area contributed by atoms with Crippen LogP contribution >= 0.6 is 0 Å². The molecule has 15 heavy (non-hydrogen) atoms. The molecule has 1 aromatic rings. The molecule has 0 fully saturated rings. The first-order valence-corrected chi connectivity index (χ1v) is 4.71. The number of carboxylic acid groups (broad SMARTS) is 1. The van der Waals surface area contributed by atoms with E-state index in [0.717, 1.165) is 0 Å². The van der Waals surface area contributed by atoms with Gasteiger partial charge in [-0.2, -0.15) is 0 Å². The first-order chi connectivity index (χ1) is 7.11. The van der Waals surface area contributed by atoms with Gasteiger partial charge >= 0.3 is 5.97 Å². The average Bonchev–Trinajstić information content (AvgIpc) is 2.55. The predicted octanol–water partition coefficient (Wildman–Crippen LogP) is 1.28. The van der Waals surface area contributed by atoms with Gasteiger partial charge < -0.3 is 14.4 Å². The Bertz CT molecular complexity index is 421. The number of amides is 1. The van der Waals surface area contributed by atoms with Gasteiger partial charge in [-0.25, -0.2) is 4.79 Å². The number of hydrogen-bond donors (Lipinski definition) is 1. The van der Waals surface area contributed by atoms with Crippen LogP contribution in [-0.2, 0) is 11.2 Å². The third-order valence-electron chi connectivity index (χ3n) is 2.57. The Morgan fingerprint density at radius 2 is 2.27 bits per heavy atom. The van der Waals surface area contributed by atoms with Crippen molar-refractivity contribution in [2.75, 3.05) is 11.9 Å². The number of fused-ring (bicyclic) bond motifs is 1. The topological polar surface area (TPSA) is 70.8 Å². The Labute approximate surface area is 86.3 Å². The van der Waals surface area contributed by atoms with E-state index >= 15 is 0 Å². The van der Waals surface area contributed by atoms with Gasteiger partial charge in [0.25, 0.3) is 0 Å². The van der Waals surface area contributed by atoms with E-state index in [9.17, 15) is 9.59 Å². The van der Waals surface area contributed by atoms with Crippen LogP contribution in [0.25, 0.3) is 0 Å². The predicted molar refractivity (Wildman–Crippen MR) is 52.0 cm³/mol. The zero-order valence-corrected chi connectivity index (χ0v) is 8.32. The summed E-state index contributed by atoms with van der Waals surface area (Å²) >= 11 is 0. The van der Waals surface area contributed by atoms with Gasteiger partial charge in [0.2, 0.25) is 5.91 Å². The molecule has 2 rings (SSSR count). The summed E-state index contributed by atoms with van der Waals surface area (Å²) in [7, 11) is 1.58. The van der Waals surface area contributed by atoms with Crippen LogP contribution in [0.4, 0.5) is 5.69 Å². The number of carbonyl (C=O) groups excluding carboxylic acids is 1. The second kappa shape index (κ2) is 3.42. The number of nitrogens with zero attached hydrogens (tertiary/aromatic N) is 1. The summed E-state index contributed by atoms with van der Waals surface area (Å²) in [6.07, 6.45) is 2.93. The maximum atomic E-state index is 11.5. The van der Waals surface area contributed by atoms with Gasteiger partial charge in [0.1, 0.15) is 17.6 Å². The highest BCUT2D eigenvalue weighted by molar-refractivity contribution is 6.02. The zero-order chi connectivity index (χ0) is 11.0. The molecule has 80 valence electrons. The van der Waals surface area contributed by atoms with Crippen LogP contribution in [0.15, 0.2) is 10.7 Å². The molecule has 1 aliphatic heterocycles. The number of carbonyl (C=O) groups is 2. The number of aryl methyl sites for hydroxylation is 1. The summed E-state index contributed by atoms with van der Waals surface area (Å²) in [5.74, 6) is -0.556. The van der Waals surface area contributed by atoms with E-state index in [4.69, 9.17) is 9.52 Å². The van der Waals surface area contributed by atoms with Crippen LogP contribution in [0.3, 0.4) is 0 Å². The standard InChI is InChI=1S/C10H11NO4/c1-11-8(12)4-2-3-7-9(11)6(5-15-7)10(13)14/h5H,2-4H2,1H3,(H,13,14). The van der Waals surface area contributed by atoms with Crippen molar-refractivity contribution in [1.29, 1.82) is 0 Å². The molecule has 2 heterocycles. The zero-order valence-electron chi connectivity index (χ0n) is 8.32. The summed E-state index contributed by atoms with van der Waals surface area (Å²) in [4.78, 5) is 23.8. The Kier molecular flexibility index (Phi) is 2.22. The number of carboxylic acids is 1. The molecule has 0 aromatic carbocycles. The van der Waals surface area contributed by atoms with E-state index in [2.05, 4.69) is 0 Å². The molecule has 5 heteroatoms. The summed E-state index contributed by atoms with van der Waals surface area (Å²) in [6.45, 7) is 0. The fourth-order valence-corrected chi connectivity index (χ4v) is 1.78. The lowest BCUT2D eigenvalue weighted by Crippen LogP contribution is -2.26. The molecule has 0 saturated carbocycles. The van der Waals surface area contributed by atoms with E-state index < -0.39 is 5.97 Å². The molecule has 1 aliphatic rings. The number of anilines is 1. The Morgan fingerprint density at radius 3 is 2.93 bits per heavy atom. The van der Waals surface area contributed by atoms with Gasteiger partial charge in [0.05, 0.1) is 5.69 Å². The minimum absolute atomic E-state index is 0.0581. The minimum Gasteiger partial charge on any atom is -0.477 e. The molecule has 0 bridgehead atoms. The van der Waals surface area contributed by atoms with Crippen LogP contribution in [0.2, 0.25) is 0 Å². The molecule has 5 nitrogen and oxygen atoms in total. The van der Waals surface area contributed by atoms with Gasteiger partial charge in [0, 0.05) is 19.9 Å².